The largest absolute Gasteiger partial charge is 0.382 e. The van der Waals surface area contributed by atoms with E-state index in [4.69, 9.17) is 9.57 Å². The summed E-state index contributed by atoms with van der Waals surface area (Å²) in [6, 6.07) is 17.0. The van der Waals surface area contributed by atoms with Crippen molar-refractivity contribution in [1.29, 1.82) is 0 Å². The molecule has 0 unspecified atom stereocenters. The van der Waals surface area contributed by atoms with Gasteiger partial charge in [0.25, 0.3) is 5.91 Å². The standard InChI is InChI=1S/C24H27N3O4/c1-17-7-9-19(10-8-17)20-16-22(31-26-20)23(28)25-21(15-18-5-3-2-4-6-18)24(29)27-11-13-30-14-12-27/h2-10,21-22H,11-16H2,1H3,(H,25,28)/t21-,22-/m0/s1. The first-order valence-electron chi connectivity index (χ1n) is 10.6. The average molecular weight is 421 g/mol. The highest BCUT2D eigenvalue weighted by molar-refractivity contribution is 6.04. The van der Waals surface area contributed by atoms with Gasteiger partial charge in [0.1, 0.15) is 6.04 Å². The van der Waals surface area contributed by atoms with Gasteiger partial charge in [0, 0.05) is 25.9 Å². The molecular formula is C24H27N3O4. The summed E-state index contributed by atoms with van der Waals surface area (Å²) in [5.41, 5.74) is 3.81. The molecule has 0 radical (unpaired) electrons. The summed E-state index contributed by atoms with van der Waals surface area (Å²) in [6.07, 6.45) is 0.0481. The lowest BCUT2D eigenvalue weighted by atomic mass is 10.0. The Morgan fingerprint density at radius 2 is 1.81 bits per heavy atom. The van der Waals surface area contributed by atoms with E-state index < -0.39 is 12.1 Å². The second-order valence-corrected chi connectivity index (χ2v) is 7.89. The lowest BCUT2D eigenvalue weighted by Gasteiger charge is -2.31. The molecule has 0 aliphatic carbocycles. The lowest BCUT2D eigenvalue weighted by Crippen LogP contribution is -2.54. The van der Waals surface area contributed by atoms with Gasteiger partial charge in [-0.2, -0.15) is 0 Å². The van der Waals surface area contributed by atoms with Crippen LogP contribution in [0.5, 0.6) is 0 Å². The number of nitrogens with one attached hydrogen (secondary N) is 1. The molecule has 2 aromatic carbocycles. The Hall–Kier alpha value is -3.19. The molecule has 7 heteroatoms. The van der Waals surface area contributed by atoms with E-state index in [-0.39, 0.29) is 11.8 Å². The third-order valence-corrected chi connectivity index (χ3v) is 5.57. The zero-order valence-electron chi connectivity index (χ0n) is 17.6. The van der Waals surface area contributed by atoms with Crippen LogP contribution in [0.3, 0.4) is 0 Å². The minimum atomic E-state index is -0.743. The van der Waals surface area contributed by atoms with Crippen LogP contribution in [0.15, 0.2) is 59.8 Å². The molecule has 1 N–H and O–H groups in total. The molecule has 0 bridgehead atoms. The van der Waals surface area contributed by atoms with Gasteiger partial charge in [0.15, 0.2) is 0 Å². The van der Waals surface area contributed by atoms with Crippen LogP contribution in [0.1, 0.15) is 23.1 Å². The maximum absolute atomic E-state index is 13.2. The number of nitrogens with zero attached hydrogens (tertiary/aromatic N) is 2. The second kappa shape index (κ2) is 9.75. The molecule has 2 atom stereocenters. The van der Waals surface area contributed by atoms with Gasteiger partial charge in [-0.25, -0.2) is 0 Å². The fourth-order valence-corrected chi connectivity index (χ4v) is 3.75. The normalized spacial score (nSPS) is 19.3. The molecule has 4 rings (SSSR count). The summed E-state index contributed by atoms with van der Waals surface area (Å²) in [5, 5.41) is 7.02. The monoisotopic (exact) mass is 421 g/mol. The highest BCUT2D eigenvalue weighted by atomic mass is 16.6. The van der Waals surface area contributed by atoms with Crippen molar-refractivity contribution in [2.75, 3.05) is 26.3 Å². The number of hydrogen-bond donors (Lipinski definition) is 1. The summed E-state index contributed by atoms with van der Waals surface area (Å²) in [5.74, 6) is -0.424. The smallest absolute Gasteiger partial charge is 0.265 e. The van der Waals surface area contributed by atoms with Crippen LogP contribution in [0, 0.1) is 6.92 Å². The van der Waals surface area contributed by atoms with Gasteiger partial charge in [0.05, 0.1) is 18.9 Å². The fraction of sp³-hybridized carbons (Fsp3) is 0.375. The molecule has 2 heterocycles. The van der Waals surface area contributed by atoms with Gasteiger partial charge in [-0.15, -0.1) is 0 Å². The molecule has 0 spiro atoms. The van der Waals surface area contributed by atoms with Crippen LogP contribution >= 0.6 is 0 Å². The highest BCUT2D eigenvalue weighted by Crippen LogP contribution is 2.18. The van der Waals surface area contributed by atoms with E-state index >= 15 is 0 Å². The van der Waals surface area contributed by atoms with E-state index in [1.165, 1.54) is 0 Å². The van der Waals surface area contributed by atoms with Crippen molar-refractivity contribution in [2.24, 2.45) is 5.16 Å². The molecular weight excluding hydrogens is 394 g/mol. The number of ether oxygens (including phenoxy) is 1. The molecule has 0 saturated carbocycles. The van der Waals surface area contributed by atoms with Gasteiger partial charge < -0.3 is 19.8 Å². The number of oxime groups is 1. The first-order valence-corrected chi connectivity index (χ1v) is 10.6. The van der Waals surface area contributed by atoms with Crippen LogP contribution in [0.2, 0.25) is 0 Å². The SMILES string of the molecule is Cc1ccc(C2=NO[C@H](C(=O)N[C@@H](Cc3ccccc3)C(=O)N3CCOCC3)C2)cc1. The fourth-order valence-electron chi connectivity index (χ4n) is 3.75. The van der Waals surface area contributed by atoms with Crippen LogP contribution in [0.25, 0.3) is 0 Å². The molecule has 162 valence electrons. The summed E-state index contributed by atoms with van der Waals surface area (Å²) >= 11 is 0. The molecule has 2 aliphatic rings. The van der Waals surface area contributed by atoms with Crippen molar-refractivity contribution >= 4 is 17.5 Å². The predicted octanol–water partition coefficient (Wildman–Crippen LogP) is 2.07. The molecule has 1 saturated heterocycles. The lowest BCUT2D eigenvalue weighted by molar-refractivity contribution is -0.142. The Kier molecular flexibility index (Phi) is 6.62. The minimum absolute atomic E-state index is 0.0989. The van der Waals surface area contributed by atoms with E-state index in [1.807, 2.05) is 61.5 Å². The maximum atomic E-state index is 13.2. The summed E-state index contributed by atoms with van der Waals surface area (Å²) < 4.78 is 5.36. The molecule has 1 fully saturated rings. The van der Waals surface area contributed by atoms with Crippen LogP contribution in [-0.4, -0.2) is 60.9 Å². The Morgan fingerprint density at radius 1 is 1.10 bits per heavy atom. The Labute approximate surface area is 182 Å². The van der Waals surface area contributed by atoms with Crippen molar-refractivity contribution in [3.8, 4) is 0 Å². The third-order valence-electron chi connectivity index (χ3n) is 5.57. The number of aryl methyl sites for hydroxylation is 1. The summed E-state index contributed by atoms with van der Waals surface area (Å²) in [6.45, 7) is 4.10. The van der Waals surface area contributed by atoms with Gasteiger partial charge in [-0.05, 0) is 18.1 Å². The number of carbonyl (C=O) groups is 2. The van der Waals surface area contributed by atoms with E-state index in [0.717, 1.165) is 22.4 Å². The number of amides is 2. The van der Waals surface area contributed by atoms with E-state index in [0.29, 0.717) is 39.1 Å². The van der Waals surface area contributed by atoms with Crippen molar-refractivity contribution in [3.63, 3.8) is 0 Å². The maximum Gasteiger partial charge on any atom is 0.265 e. The Morgan fingerprint density at radius 3 is 2.52 bits per heavy atom. The zero-order chi connectivity index (χ0) is 21.6. The van der Waals surface area contributed by atoms with Gasteiger partial charge >= 0.3 is 0 Å². The predicted molar refractivity (Wildman–Crippen MR) is 117 cm³/mol. The second-order valence-electron chi connectivity index (χ2n) is 7.89. The van der Waals surface area contributed by atoms with Crippen LogP contribution in [0.4, 0.5) is 0 Å². The van der Waals surface area contributed by atoms with Gasteiger partial charge in [-0.1, -0.05) is 65.3 Å². The van der Waals surface area contributed by atoms with Crippen molar-refractivity contribution < 1.29 is 19.2 Å². The number of rotatable bonds is 6. The summed E-state index contributed by atoms with van der Waals surface area (Å²) in [7, 11) is 0. The quantitative estimate of drug-likeness (QED) is 0.775. The highest BCUT2D eigenvalue weighted by Gasteiger charge is 2.33. The number of benzene rings is 2. The number of hydrogen-bond acceptors (Lipinski definition) is 5. The number of morpholine rings is 1. The topological polar surface area (TPSA) is 80.2 Å². The van der Waals surface area contributed by atoms with Crippen LogP contribution in [-0.2, 0) is 25.6 Å². The summed E-state index contributed by atoms with van der Waals surface area (Å²) in [4.78, 5) is 33.3. The average Bonchev–Trinajstić information content (AvgIpc) is 3.30. The van der Waals surface area contributed by atoms with Crippen LogP contribution < -0.4 is 5.32 Å². The van der Waals surface area contributed by atoms with E-state index in [2.05, 4.69) is 10.5 Å². The molecule has 31 heavy (non-hydrogen) atoms. The first-order chi connectivity index (χ1) is 15.1. The Balaban J connectivity index is 1.42. The van der Waals surface area contributed by atoms with Crippen molar-refractivity contribution in [2.45, 2.75) is 31.9 Å². The number of carbonyl (C=O) groups excluding carboxylic acids is 2. The molecule has 0 aromatic heterocycles. The Bertz CT molecular complexity index is 937. The third kappa shape index (κ3) is 5.30. The molecule has 2 aliphatic heterocycles. The van der Waals surface area contributed by atoms with E-state index in [9.17, 15) is 9.59 Å². The van der Waals surface area contributed by atoms with E-state index in [1.54, 1.807) is 4.90 Å². The molecule has 2 aromatic rings. The van der Waals surface area contributed by atoms with Gasteiger partial charge in [-0.3, -0.25) is 9.59 Å². The minimum Gasteiger partial charge on any atom is -0.382 e. The van der Waals surface area contributed by atoms with Gasteiger partial charge in [0.2, 0.25) is 12.0 Å². The molecule has 7 nitrogen and oxygen atoms in total. The van der Waals surface area contributed by atoms with Crippen molar-refractivity contribution in [1.82, 2.24) is 10.2 Å². The molecule has 2 amide bonds. The zero-order valence-corrected chi connectivity index (χ0v) is 17.6. The van der Waals surface area contributed by atoms with Crippen molar-refractivity contribution in [3.05, 3.63) is 71.3 Å². The first kappa shape index (κ1) is 21.1.